The van der Waals surface area contributed by atoms with E-state index in [9.17, 15) is 8.42 Å². The maximum Gasteiger partial charge on any atom is 0.285 e. The summed E-state index contributed by atoms with van der Waals surface area (Å²) >= 11 is 0. The van der Waals surface area contributed by atoms with E-state index < -0.39 is 10.0 Å². The van der Waals surface area contributed by atoms with Crippen LogP contribution in [0.3, 0.4) is 0 Å². The first-order valence-electron chi connectivity index (χ1n) is 5.41. The third-order valence-electron chi connectivity index (χ3n) is 2.47. The van der Waals surface area contributed by atoms with E-state index in [1.807, 2.05) is 6.92 Å². The Morgan fingerprint density at radius 1 is 1.11 bits per heavy atom. The number of sulfonamides is 1. The minimum Gasteiger partial charge on any atom is -0.295 e. The molecular formula is C11H13N3O2S3. The number of aromatic nitrogens is 1. The molecule has 0 aliphatic rings. The summed E-state index contributed by atoms with van der Waals surface area (Å²) in [5.41, 5.74) is 1.01. The second-order valence-corrected chi connectivity index (χ2v) is 7.56. The smallest absolute Gasteiger partial charge is 0.285 e. The molecule has 0 saturated heterocycles. The second kappa shape index (κ2) is 5.40. The maximum absolute atomic E-state index is 12.2. The van der Waals surface area contributed by atoms with Crippen molar-refractivity contribution in [1.82, 2.24) is 4.57 Å². The Hall–Kier alpha value is -1.25. The monoisotopic (exact) mass is 315 g/mol. The molecular weight excluding hydrogens is 302 g/mol. The fraction of sp³-hybridized carbons (Fsp3) is 0.273. The zero-order valence-electron chi connectivity index (χ0n) is 10.7. The molecule has 5 nitrogen and oxygen atoms in total. The van der Waals surface area contributed by atoms with Crippen LogP contribution in [0.15, 0.2) is 38.6 Å². The van der Waals surface area contributed by atoms with Gasteiger partial charge in [0.05, 0.1) is 4.90 Å². The van der Waals surface area contributed by atoms with Crippen LogP contribution in [-0.4, -0.2) is 20.0 Å². The second-order valence-electron chi connectivity index (χ2n) is 3.89. The van der Waals surface area contributed by atoms with Crippen LogP contribution in [0.5, 0.6) is 0 Å². The van der Waals surface area contributed by atoms with Crippen molar-refractivity contribution in [3.05, 3.63) is 39.4 Å². The van der Waals surface area contributed by atoms with Gasteiger partial charge in [0.2, 0.25) is 4.80 Å². The molecule has 0 radical (unpaired) electrons. The summed E-state index contributed by atoms with van der Waals surface area (Å²) in [6.45, 7) is 1.91. The number of nitrogens with zero attached hydrogens (tertiary/aromatic N) is 3. The van der Waals surface area contributed by atoms with Gasteiger partial charge in [0.25, 0.3) is 10.0 Å². The molecule has 0 aliphatic heterocycles. The van der Waals surface area contributed by atoms with Gasteiger partial charge >= 0.3 is 0 Å². The molecule has 0 bridgehead atoms. The molecule has 1 aromatic carbocycles. The first kappa shape index (κ1) is 14.2. The van der Waals surface area contributed by atoms with E-state index >= 15 is 0 Å². The van der Waals surface area contributed by atoms with Crippen molar-refractivity contribution in [2.75, 3.05) is 7.05 Å². The third kappa shape index (κ3) is 3.02. The molecule has 1 aromatic heterocycles. The highest BCUT2D eigenvalue weighted by Gasteiger charge is 2.12. The Morgan fingerprint density at radius 3 is 2.21 bits per heavy atom. The average molecular weight is 315 g/mol. The summed E-state index contributed by atoms with van der Waals surface area (Å²) in [6.07, 6.45) is 0. The van der Waals surface area contributed by atoms with E-state index in [2.05, 4.69) is 9.39 Å². The zero-order valence-corrected chi connectivity index (χ0v) is 13.1. The lowest BCUT2D eigenvalue weighted by Crippen LogP contribution is -2.23. The normalized spacial score (nSPS) is 14.1. The van der Waals surface area contributed by atoms with Crippen molar-refractivity contribution in [2.24, 2.45) is 16.4 Å². The summed E-state index contributed by atoms with van der Waals surface area (Å²) in [6, 6.07) is 6.64. The van der Waals surface area contributed by atoms with Crippen molar-refractivity contribution in [3.8, 4) is 0 Å². The SMILES string of the molecule is CN=c1ss/c(=N/S(=O)(=O)c2ccc(C)cc2)n1C. The molecule has 0 atom stereocenters. The Kier molecular flexibility index (Phi) is 4.02. The van der Waals surface area contributed by atoms with E-state index in [-0.39, 0.29) is 4.90 Å². The van der Waals surface area contributed by atoms with Gasteiger partial charge in [-0.25, -0.2) is 0 Å². The first-order valence-corrected chi connectivity index (χ1v) is 9.00. The van der Waals surface area contributed by atoms with Gasteiger partial charge in [-0.3, -0.25) is 9.56 Å². The lowest BCUT2D eigenvalue weighted by molar-refractivity contribution is 0.596. The minimum absolute atomic E-state index is 0.200. The van der Waals surface area contributed by atoms with Crippen LogP contribution >= 0.6 is 20.7 Å². The number of aryl methyl sites for hydroxylation is 1. The molecule has 19 heavy (non-hydrogen) atoms. The quantitative estimate of drug-likeness (QED) is 0.784. The van der Waals surface area contributed by atoms with Crippen LogP contribution in [0.1, 0.15) is 5.56 Å². The summed E-state index contributed by atoms with van der Waals surface area (Å²) in [4.78, 5) is 5.40. The molecule has 0 aliphatic carbocycles. The van der Waals surface area contributed by atoms with Gasteiger partial charge in [0, 0.05) is 14.1 Å². The standard InChI is InChI=1S/C11H13N3O2S3/c1-8-4-6-9(7-5-8)19(15,16)13-11-14(3)10(12-2)17-18-11/h4-7H,1-3H3/b12-10?,13-11+. The topological polar surface area (TPSA) is 63.8 Å². The predicted octanol–water partition coefficient (Wildman–Crippen LogP) is 1.28. The van der Waals surface area contributed by atoms with Gasteiger partial charge in [-0.2, -0.15) is 8.42 Å². The van der Waals surface area contributed by atoms with E-state index in [0.717, 1.165) is 10.4 Å². The van der Waals surface area contributed by atoms with E-state index in [0.29, 0.717) is 4.80 Å². The van der Waals surface area contributed by atoms with Gasteiger partial charge in [0.15, 0.2) is 4.80 Å². The van der Waals surface area contributed by atoms with Crippen molar-refractivity contribution in [2.45, 2.75) is 11.8 Å². The van der Waals surface area contributed by atoms with E-state index in [4.69, 9.17) is 0 Å². The highest BCUT2D eigenvalue weighted by atomic mass is 32.9. The van der Waals surface area contributed by atoms with Gasteiger partial charge in [0.1, 0.15) is 0 Å². The predicted molar refractivity (Wildman–Crippen MR) is 76.6 cm³/mol. The lowest BCUT2D eigenvalue weighted by atomic mass is 10.2. The molecule has 0 saturated carbocycles. The first-order chi connectivity index (χ1) is 8.94. The Balaban J connectivity index is 2.58. The van der Waals surface area contributed by atoms with Crippen LogP contribution in [0.25, 0.3) is 0 Å². The molecule has 2 aromatic rings. The molecule has 0 unspecified atom stereocenters. The maximum atomic E-state index is 12.2. The van der Waals surface area contributed by atoms with Crippen LogP contribution in [-0.2, 0) is 17.1 Å². The average Bonchev–Trinajstić information content (AvgIpc) is 2.70. The van der Waals surface area contributed by atoms with Crippen LogP contribution in [0, 0.1) is 6.92 Å². The van der Waals surface area contributed by atoms with Crippen molar-refractivity contribution < 1.29 is 8.42 Å². The van der Waals surface area contributed by atoms with Crippen LogP contribution in [0.4, 0.5) is 0 Å². The summed E-state index contributed by atoms with van der Waals surface area (Å²) in [7, 11) is 2.43. The minimum atomic E-state index is -3.67. The number of hydrogen-bond donors (Lipinski definition) is 0. The lowest BCUT2D eigenvalue weighted by Gasteiger charge is -1.98. The number of rotatable bonds is 2. The largest absolute Gasteiger partial charge is 0.295 e. The summed E-state index contributed by atoms with van der Waals surface area (Å²) in [5.74, 6) is 0. The van der Waals surface area contributed by atoms with Crippen molar-refractivity contribution in [3.63, 3.8) is 0 Å². The number of benzene rings is 1. The van der Waals surface area contributed by atoms with E-state index in [1.165, 1.54) is 20.7 Å². The fourth-order valence-electron chi connectivity index (χ4n) is 1.40. The molecule has 102 valence electrons. The molecule has 0 amide bonds. The van der Waals surface area contributed by atoms with Crippen molar-refractivity contribution >= 4 is 30.7 Å². The fourth-order valence-corrected chi connectivity index (χ4v) is 5.02. The number of hydrogen-bond acceptors (Lipinski definition) is 5. The van der Waals surface area contributed by atoms with Gasteiger partial charge in [-0.15, -0.1) is 4.40 Å². The van der Waals surface area contributed by atoms with Crippen molar-refractivity contribution in [1.29, 1.82) is 0 Å². The molecule has 0 N–H and O–H groups in total. The third-order valence-corrected chi connectivity index (χ3v) is 6.22. The summed E-state index contributed by atoms with van der Waals surface area (Å²) in [5, 5.41) is 0. The molecule has 0 spiro atoms. The van der Waals surface area contributed by atoms with E-state index in [1.54, 1.807) is 42.9 Å². The van der Waals surface area contributed by atoms with Crippen LogP contribution < -0.4 is 9.60 Å². The molecule has 1 heterocycles. The van der Waals surface area contributed by atoms with Gasteiger partial charge in [-0.1, -0.05) is 17.7 Å². The summed E-state index contributed by atoms with van der Waals surface area (Å²) < 4.78 is 29.9. The highest BCUT2D eigenvalue weighted by Crippen LogP contribution is 2.12. The molecule has 2 rings (SSSR count). The van der Waals surface area contributed by atoms with Crippen LogP contribution in [0.2, 0.25) is 0 Å². The molecule has 0 fully saturated rings. The Morgan fingerprint density at radius 2 is 1.68 bits per heavy atom. The van der Waals surface area contributed by atoms with Gasteiger partial charge in [-0.05, 0) is 39.7 Å². The molecule has 8 heteroatoms. The Labute approximate surface area is 118 Å². The van der Waals surface area contributed by atoms with Gasteiger partial charge < -0.3 is 0 Å². The zero-order chi connectivity index (χ0) is 14.0. The Bertz CT molecular complexity index is 808. The highest BCUT2D eigenvalue weighted by molar-refractivity contribution is 7.90.